The summed E-state index contributed by atoms with van der Waals surface area (Å²) in [5.41, 5.74) is 15.0. The van der Waals surface area contributed by atoms with Gasteiger partial charge >= 0.3 is 294 Å². The Bertz CT molecular complexity index is 3230. The van der Waals surface area contributed by atoms with Gasteiger partial charge in [-0.15, -0.1) is 0 Å². The second-order valence-electron chi connectivity index (χ2n) is 15.3. The number of benzene rings is 7. The zero-order chi connectivity index (χ0) is 39.5. The van der Waals surface area contributed by atoms with Crippen LogP contribution in [-0.4, -0.2) is 18.7 Å². The number of hydrogen-bond acceptors (Lipinski definition) is 2. The smallest absolute Gasteiger partial charge is 0.0489 e. The topological polar surface area (TPSA) is 36.9 Å². The molecule has 0 aliphatic heterocycles. The molecular weight excluding hydrogens is 904 g/mol. The monoisotopic (exact) mass is 941 g/mol. The van der Waals surface area contributed by atoms with Crippen molar-refractivity contribution in [1.82, 2.24) is 18.7 Å². The molecule has 0 unspecified atom stereocenters. The molecule has 0 N–H and O–H groups in total. The van der Waals surface area contributed by atoms with Gasteiger partial charge in [0.05, 0.1) is 0 Å². The molecule has 0 radical (unpaired) electrons. The first kappa shape index (κ1) is 35.6. The quantitative estimate of drug-likeness (QED) is 0.149. The van der Waals surface area contributed by atoms with Crippen LogP contribution >= 0.6 is 0 Å². The van der Waals surface area contributed by atoms with Gasteiger partial charge in [0.15, 0.2) is 0 Å². The molecule has 0 atom stereocenters. The van der Waals surface area contributed by atoms with Crippen molar-refractivity contribution in [3.8, 4) is 50.9 Å². The molecule has 7 aromatic carbocycles. The average Bonchev–Trinajstić information content (AvgIpc) is 3.75. The van der Waals surface area contributed by atoms with Crippen molar-refractivity contribution in [2.24, 2.45) is 0 Å². The van der Waals surface area contributed by atoms with Gasteiger partial charge in [0.2, 0.25) is 0 Å². The molecule has 0 amide bonds. The second-order valence-corrected chi connectivity index (χ2v) is 16.3. The van der Waals surface area contributed by atoms with Crippen LogP contribution in [0.4, 0.5) is 0 Å². The van der Waals surface area contributed by atoms with E-state index in [1.54, 1.807) is 0 Å². The summed E-state index contributed by atoms with van der Waals surface area (Å²) in [6.45, 7) is 2.11. The summed E-state index contributed by atoms with van der Waals surface area (Å²) in [5.74, 6) is 2.12. The Balaban J connectivity index is 1.05. The molecule has 0 saturated carbocycles. The van der Waals surface area contributed by atoms with E-state index in [2.05, 4.69) is 186 Å². The molecule has 11 rings (SSSR count). The van der Waals surface area contributed by atoms with Gasteiger partial charge in [-0.2, -0.15) is 0 Å². The van der Waals surface area contributed by atoms with Crippen LogP contribution in [0.1, 0.15) is 29.5 Å². The maximum atomic E-state index is 6.69. The maximum absolute atomic E-state index is 6.69. The number of aromatic nitrogens is 4. The van der Waals surface area contributed by atoms with Crippen molar-refractivity contribution >= 4 is 32.8 Å². The van der Waals surface area contributed by atoms with Gasteiger partial charge in [0.25, 0.3) is 0 Å². The molecule has 59 heavy (non-hydrogen) atoms. The Morgan fingerprint density at radius 2 is 1.20 bits per heavy atom. The van der Waals surface area contributed by atoms with Crippen LogP contribution in [0.5, 0.6) is 11.5 Å². The summed E-state index contributed by atoms with van der Waals surface area (Å²) in [5, 5.41) is 2.37. The van der Waals surface area contributed by atoms with E-state index in [1.165, 1.54) is 29.4 Å². The third-order valence-electron chi connectivity index (χ3n) is 11.6. The summed E-state index contributed by atoms with van der Waals surface area (Å²) >= 11 is 2.48. The Hall–Kier alpha value is -6.55. The SMILES string of the molecule is Cc1ccnc(-n2c3[c-]c(Oc4[c-]c(-n5[c](=[Pt])n(-c6c(-c7ccccc7)cccc6-c6ccccc6)c6ccccc65)ccc4)ccc3c3cc4c(cc32)CCCC4)c1. The number of ether oxygens (including phenoxy) is 1. The first-order valence-corrected chi connectivity index (χ1v) is 21.3. The minimum atomic E-state index is 0.611. The minimum absolute atomic E-state index is 0.611. The molecule has 10 aromatic rings. The Labute approximate surface area is 353 Å². The van der Waals surface area contributed by atoms with Crippen LogP contribution in [0, 0.1) is 22.9 Å². The Morgan fingerprint density at radius 3 is 1.92 bits per heavy atom. The molecule has 288 valence electrons. The predicted molar refractivity (Wildman–Crippen MR) is 234 cm³/mol. The van der Waals surface area contributed by atoms with Crippen LogP contribution in [0.3, 0.4) is 0 Å². The molecule has 6 heteroatoms. The van der Waals surface area contributed by atoms with Crippen molar-refractivity contribution in [3.05, 3.63) is 197 Å². The predicted octanol–water partition coefficient (Wildman–Crippen LogP) is 12.9. The Morgan fingerprint density at radius 1 is 0.559 bits per heavy atom. The van der Waals surface area contributed by atoms with Crippen LogP contribution in [-0.2, 0) is 32.2 Å². The van der Waals surface area contributed by atoms with Gasteiger partial charge < -0.3 is 0 Å². The third-order valence-corrected chi connectivity index (χ3v) is 12.6. The van der Waals surface area contributed by atoms with Crippen LogP contribution in [0.15, 0.2) is 164 Å². The third kappa shape index (κ3) is 6.20. The molecule has 3 aromatic heterocycles. The second kappa shape index (κ2) is 14.7. The van der Waals surface area contributed by atoms with Crippen molar-refractivity contribution < 1.29 is 24.1 Å². The van der Waals surface area contributed by atoms with E-state index < -0.39 is 0 Å². The fourth-order valence-corrected chi connectivity index (χ4v) is 9.95. The van der Waals surface area contributed by atoms with Gasteiger partial charge in [-0.3, -0.25) is 0 Å². The standard InChI is InChI=1S/C53H38N4O.Pt/c1-36-28-29-54-52(30-36)57-50-32-40-19-9-8-18-39(40)31-47(50)46-27-26-43(34-51(46)57)58-42-21-12-20-41(33-42)55-35-56(49-25-11-10-24-48(49)55)53-44(37-14-4-2-5-15-37)22-13-23-45(53)38-16-6-3-7-17-38;/h2-7,10-17,20-32H,8-9,18-19H2,1H3;/q-2;. The van der Waals surface area contributed by atoms with Gasteiger partial charge in [-0.05, 0) is 55.4 Å². The molecule has 0 fully saturated rings. The van der Waals surface area contributed by atoms with Gasteiger partial charge in [0, 0.05) is 6.20 Å². The normalized spacial score (nSPS) is 12.7. The number of para-hydroxylation sites is 3. The van der Waals surface area contributed by atoms with Gasteiger partial charge in [-0.25, -0.2) is 0 Å². The van der Waals surface area contributed by atoms with Gasteiger partial charge in [0.1, 0.15) is 0 Å². The number of hydrogen-bond donors (Lipinski definition) is 0. The van der Waals surface area contributed by atoms with E-state index in [0.29, 0.717) is 11.5 Å². The number of nitrogens with zero attached hydrogens (tertiary/aromatic N) is 4. The zero-order valence-corrected chi connectivity index (χ0v) is 34.7. The van der Waals surface area contributed by atoms with E-state index in [-0.39, 0.29) is 0 Å². The number of aryl methyl sites for hydroxylation is 3. The summed E-state index contributed by atoms with van der Waals surface area (Å²) in [6.07, 6.45) is 6.60. The summed E-state index contributed by atoms with van der Waals surface area (Å²) in [7, 11) is 0. The zero-order valence-electron chi connectivity index (χ0n) is 32.4. The average molecular weight is 942 g/mol. The fourth-order valence-electron chi connectivity index (χ4n) is 8.88. The van der Waals surface area contributed by atoms with E-state index in [9.17, 15) is 0 Å². The van der Waals surface area contributed by atoms with Crippen molar-refractivity contribution in [1.29, 1.82) is 0 Å². The molecule has 1 aliphatic rings. The number of fused-ring (bicyclic) bond motifs is 5. The van der Waals surface area contributed by atoms with E-state index >= 15 is 0 Å². The summed E-state index contributed by atoms with van der Waals surface area (Å²) in [4.78, 5) is 4.85. The summed E-state index contributed by atoms with van der Waals surface area (Å²) < 4.78 is 14.6. The van der Waals surface area contributed by atoms with E-state index in [4.69, 9.17) is 9.72 Å². The molecule has 5 nitrogen and oxygen atoms in total. The van der Waals surface area contributed by atoms with Crippen LogP contribution in [0.25, 0.3) is 72.3 Å². The Kier molecular flexibility index (Phi) is 8.86. The van der Waals surface area contributed by atoms with E-state index in [1.807, 2.05) is 30.5 Å². The first-order valence-electron chi connectivity index (χ1n) is 20.2. The number of pyridine rings is 1. The minimum Gasteiger partial charge on any atom is -0.0489 e. The van der Waals surface area contributed by atoms with Crippen molar-refractivity contribution in [2.75, 3.05) is 0 Å². The molecule has 0 saturated heterocycles. The molecule has 1 aliphatic carbocycles. The van der Waals surface area contributed by atoms with Crippen LogP contribution < -0.4 is 4.74 Å². The molecule has 0 bridgehead atoms. The van der Waals surface area contributed by atoms with E-state index in [0.717, 1.165) is 89.1 Å². The van der Waals surface area contributed by atoms with Gasteiger partial charge in [-0.1, -0.05) is 0 Å². The summed E-state index contributed by atoms with van der Waals surface area (Å²) in [6, 6.07) is 63.2. The van der Waals surface area contributed by atoms with Crippen LogP contribution in [0.2, 0.25) is 0 Å². The van der Waals surface area contributed by atoms with Crippen molar-refractivity contribution in [2.45, 2.75) is 32.6 Å². The van der Waals surface area contributed by atoms with Crippen molar-refractivity contribution in [3.63, 3.8) is 0 Å². The first-order chi connectivity index (χ1) is 29.1. The molecule has 3 heterocycles. The molecular formula is C53H38N4OPt-2. The molecule has 0 spiro atoms. The number of rotatable bonds is 7. The fraction of sp³-hybridized carbons (Fsp3) is 0.0943. The number of imidazole rings is 1.